The summed E-state index contributed by atoms with van der Waals surface area (Å²) in [4.78, 5) is 9.17. The van der Waals surface area contributed by atoms with Crippen LogP contribution < -0.4 is 0 Å². The van der Waals surface area contributed by atoms with Gasteiger partial charge in [0.15, 0.2) is 11.6 Å². The minimum Gasteiger partial charge on any atom is -0.224 e. The normalized spacial score (nSPS) is 11.6. The van der Waals surface area contributed by atoms with Crippen LogP contribution in [0.4, 0.5) is 8.78 Å². The van der Waals surface area contributed by atoms with Crippen LogP contribution >= 0.6 is 34.3 Å². The van der Waals surface area contributed by atoms with Gasteiger partial charge in [-0.05, 0) is 23.6 Å². The number of aromatic nitrogens is 2. The maximum absolute atomic E-state index is 13.9. The van der Waals surface area contributed by atoms with Crippen molar-refractivity contribution in [2.45, 2.75) is 0 Å². The zero-order valence-electron chi connectivity index (χ0n) is 10.2. The number of fused-ring (bicyclic) bond motifs is 2. The molecular weight excluding hydrogens is 334 g/mol. The molecule has 7 heteroatoms. The van der Waals surface area contributed by atoms with Gasteiger partial charge in [0.2, 0.25) is 0 Å². The molecule has 104 valence electrons. The van der Waals surface area contributed by atoms with Crippen LogP contribution in [0, 0.1) is 11.6 Å². The topological polar surface area (TPSA) is 25.8 Å². The van der Waals surface area contributed by atoms with Crippen molar-refractivity contribution in [3.63, 3.8) is 0 Å². The van der Waals surface area contributed by atoms with Gasteiger partial charge in [-0.25, -0.2) is 18.7 Å². The van der Waals surface area contributed by atoms with Gasteiger partial charge < -0.3 is 0 Å². The average molecular weight is 339 g/mol. The molecule has 4 aromatic rings. The summed E-state index contributed by atoms with van der Waals surface area (Å²) in [6.07, 6.45) is 0. The summed E-state index contributed by atoms with van der Waals surface area (Å²) in [5, 5.41) is 2.23. The summed E-state index contributed by atoms with van der Waals surface area (Å²) in [6, 6.07) is 5.89. The van der Waals surface area contributed by atoms with Gasteiger partial charge in [0.25, 0.3) is 0 Å². The molecule has 0 saturated carbocycles. The van der Waals surface area contributed by atoms with Crippen molar-refractivity contribution in [3.05, 3.63) is 46.4 Å². The lowest BCUT2D eigenvalue weighted by Crippen LogP contribution is -1.94. The van der Waals surface area contributed by atoms with Crippen molar-refractivity contribution in [3.8, 4) is 10.7 Å². The van der Waals surface area contributed by atoms with Gasteiger partial charge in [-0.3, -0.25) is 0 Å². The average Bonchev–Trinajstić information content (AvgIpc) is 3.00. The minimum atomic E-state index is -0.742. The maximum Gasteiger partial charge on any atom is 0.171 e. The third kappa shape index (κ3) is 2.10. The molecule has 0 fully saturated rings. The predicted octanol–water partition coefficient (Wildman–Crippen LogP) is 5.50. The van der Waals surface area contributed by atoms with E-state index >= 15 is 0 Å². The molecule has 3 aromatic heterocycles. The minimum absolute atomic E-state index is 0.0307. The molecule has 0 unspecified atom stereocenters. The van der Waals surface area contributed by atoms with Crippen LogP contribution in [0.1, 0.15) is 0 Å². The summed E-state index contributed by atoms with van der Waals surface area (Å²) < 4.78 is 29.4. The molecule has 0 spiro atoms. The standard InChI is InChI=1S/C14H5ClF2N2S2/c15-13-7-3-6(16)4-8(17)12(7)18-14(19-13)11-5-10-9(21-11)1-2-20-10/h1-5H. The lowest BCUT2D eigenvalue weighted by Gasteiger charge is -2.04. The summed E-state index contributed by atoms with van der Waals surface area (Å²) in [5.74, 6) is -1.09. The Morgan fingerprint density at radius 3 is 2.71 bits per heavy atom. The fraction of sp³-hybridized carbons (Fsp3) is 0. The van der Waals surface area contributed by atoms with Crippen molar-refractivity contribution >= 4 is 54.6 Å². The number of nitrogens with zero attached hydrogens (tertiary/aromatic N) is 2. The Kier molecular flexibility index (Phi) is 2.92. The molecule has 0 aliphatic heterocycles. The third-order valence-corrected chi connectivity index (χ3v) is 5.41. The van der Waals surface area contributed by atoms with E-state index < -0.39 is 11.6 Å². The van der Waals surface area contributed by atoms with Gasteiger partial charge in [0.05, 0.1) is 4.88 Å². The SMILES string of the molecule is Fc1cc(F)c2nc(-c3cc4sccc4s3)nc(Cl)c2c1. The van der Waals surface area contributed by atoms with Gasteiger partial charge in [-0.2, -0.15) is 0 Å². The first-order chi connectivity index (χ1) is 10.1. The molecule has 0 saturated heterocycles. The predicted molar refractivity (Wildman–Crippen MR) is 83.2 cm³/mol. The van der Waals surface area contributed by atoms with Crippen molar-refractivity contribution in [2.24, 2.45) is 0 Å². The highest BCUT2D eigenvalue weighted by atomic mass is 35.5. The maximum atomic E-state index is 13.9. The summed E-state index contributed by atoms with van der Waals surface area (Å²) in [7, 11) is 0. The Labute approximate surface area is 130 Å². The second-order valence-corrected chi connectivity index (χ2v) is 6.77. The zero-order chi connectivity index (χ0) is 14.6. The highest BCUT2D eigenvalue weighted by Gasteiger charge is 2.15. The number of rotatable bonds is 1. The molecule has 2 nitrogen and oxygen atoms in total. The van der Waals surface area contributed by atoms with Crippen molar-refractivity contribution in [2.75, 3.05) is 0 Å². The highest BCUT2D eigenvalue weighted by molar-refractivity contribution is 7.28. The smallest absolute Gasteiger partial charge is 0.171 e. The molecule has 21 heavy (non-hydrogen) atoms. The van der Waals surface area contributed by atoms with E-state index in [1.807, 2.05) is 17.5 Å². The van der Waals surface area contributed by atoms with Crippen molar-refractivity contribution < 1.29 is 8.78 Å². The van der Waals surface area contributed by atoms with Gasteiger partial charge in [0.1, 0.15) is 16.5 Å². The summed E-state index contributed by atoms with van der Waals surface area (Å²) in [6.45, 7) is 0. The first-order valence-corrected chi connectivity index (χ1v) is 7.99. The van der Waals surface area contributed by atoms with E-state index in [1.54, 1.807) is 11.3 Å². The van der Waals surface area contributed by atoms with Gasteiger partial charge in [-0.15, -0.1) is 22.7 Å². The number of hydrogen-bond acceptors (Lipinski definition) is 4. The monoisotopic (exact) mass is 338 g/mol. The Morgan fingerprint density at radius 2 is 1.90 bits per heavy atom. The highest BCUT2D eigenvalue weighted by Crippen LogP contribution is 2.36. The van der Waals surface area contributed by atoms with E-state index in [1.165, 1.54) is 11.3 Å². The number of benzene rings is 1. The molecule has 0 aliphatic rings. The van der Waals surface area contributed by atoms with Crippen LogP contribution in [-0.4, -0.2) is 9.97 Å². The summed E-state index contributed by atoms with van der Waals surface area (Å²) >= 11 is 9.18. The van der Waals surface area contributed by atoms with Crippen LogP contribution in [0.15, 0.2) is 29.6 Å². The fourth-order valence-corrected chi connectivity index (χ4v) is 4.37. The number of halogens is 3. The first kappa shape index (κ1) is 13.1. The number of hydrogen-bond donors (Lipinski definition) is 0. The van der Waals surface area contributed by atoms with Crippen LogP contribution in [0.2, 0.25) is 5.15 Å². The molecule has 0 bridgehead atoms. The molecule has 0 N–H and O–H groups in total. The van der Waals surface area contributed by atoms with E-state index in [4.69, 9.17) is 11.6 Å². The molecular formula is C14H5ClF2N2S2. The third-order valence-electron chi connectivity index (χ3n) is 3.03. The second kappa shape index (κ2) is 4.69. The van der Waals surface area contributed by atoms with Crippen LogP contribution in [-0.2, 0) is 0 Å². The van der Waals surface area contributed by atoms with E-state index in [0.717, 1.165) is 26.4 Å². The molecule has 4 rings (SSSR count). The van der Waals surface area contributed by atoms with E-state index in [2.05, 4.69) is 9.97 Å². The van der Waals surface area contributed by atoms with Crippen LogP contribution in [0.3, 0.4) is 0 Å². The van der Waals surface area contributed by atoms with Gasteiger partial charge in [-0.1, -0.05) is 11.6 Å². The summed E-state index contributed by atoms with van der Waals surface area (Å²) in [5.41, 5.74) is 0.0307. The first-order valence-electron chi connectivity index (χ1n) is 5.91. The lowest BCUT2D eigenvalue weighted by atomic mass is 10.2. The van der Waals surface area contributed by atoms with Crippen LogP contribution in [0.25, 0.3) is 31.0 Å². The molecule has 0 radical (unpaired) electrons. The fourth-order valence-electron chi connectivity index (χ4n) is 2.11. The quantitative estimate of drug-likeness (QED) is 0.428. The lowest BCUT2D eigenvalue weighted by molar-refractivity contribution is 0.590. The van der Waals surface area contributed by atoms with Gasteiger partial charge >= 0.3 is 0 Å². The molecule has 0 aliphatic carbocycles. The van der Waals surface area contributed by atoms with E-state index in [9.17, 15) is 8.78 Å². The zero-order valence-corrected chi connectivity index (χ0v) is 12.6. The Balaban J connectivity index is 1.99. The van der Waals surface area contributed by atoms with Gasteiger partial charge in [0, 0.05) is 20.9 Å². The van der Waals surface area contributed by atoms with Crippen LogP contribution in [0.5, 0.6) is 0 Å². The largest absolute Gasteiger partial charge is 0.224 e. The Bertz CT molecular complexity index is 965. The molecule has 0 amide bonds. The Hall–Kier alpha value is -1.63. The van der Waals surface area contributed by atoms with E-state index in [0.29, 0.717) is 5.82 Å². The molecule has 1 aromatic carbocycles. The second-order valence-electron chi connectivity index (χ2n) is 4.38. The molecule has 0 atom stereocenters. The number of thiophene rings is 2. The van der Waals surface area contributed by atoms with Crippen molar-refractivity contribution in [1.82, 2.24) is 9.97 Å². The van der Waals surface area contributed by atoms with Crippen molar-refractivity contribution in [1.29, 1.82) is 0 Å². The van der Waals surface area contributed by atoms with E-state index in [-0.39, 0.29) is 16.1 Å². The molecule has 3 heterocycles. The Morgan fingerprint density at radius 1 is 1.05 bits per heavy atom.